The molecule has 0 aliphatic carbocycles. The molecule has 0 saturated carbocycles. The Morgan fingerprint density at radius 1 is 1.37 bits per heavy atom. The molecule has 0 aliphatic heterocycles. The summed E-state index contributed by atoms with van der Waals surface area (Å²) in [4.78, 5) is 21.9. The molecule has 0 aromatic heterocycles. The van der Waals surface area contributed by atoms with Crippen LogP contribution in [0, 0.1) is 17.0 Å². The Morgan fingerprint density at radius 2 is 2.11 bits per heavy atom. The highest BCUT2D eigenvalue weighted by Crippen LogP contribution is 2.24. The number of carbonyl (C=O) groups excluding carboxylic acids is 1. The molecule has 6 nitrogen and oxygen atoms in total. The van der Waals surface area contributed by atoms with Gasteiger partial charge in [-0.25, -0.2) is 4.79 Å². The van der Waals surface area contributed by atoms with Crippen molar-refractivity contribution >= 4 is 17.4 Å². The first-order valence-corrected chi connectivity index (χ1v) is 6.35. The van der Waals surface area contributed by atoms with E-state index < -0.39 is 4.92 Å². The van der Waals surface area contributed by atoms with Gasteiger partial charge >= 0.3 is 6.03 Å². The van der Waals surface area contributed by atoms with Crippen LogP contribution in [0.25, 0.3) is 0 Å². The Balaban J connectivity index is 2.59. The van der Waals surface area contributed by atoms with E-state index in [4.69, 9.17) is 0 Å². The number of amides is 2. The molecule has 0 saturated heterocycles. The van der Waals surface area contributed by atoms with Crippen molar-refractivity contribution in [3.05, 3.63) is 33.9 Å². The van der Waals surface area contributed by atoms with Crippen LogP contribution >= 0.6 is 0 Å². The minimum atomic E-state index is -0.459. The molecule has 0 fully saturated rings. The predicted molar refractivity (Wildman–Crippen MR) is 74.4 cm³/mol. The van der Waals surface area contributed by atoms with Crippen LogP contribution < -0.4 is 10.6 Å². The van der Waals surface area contributed by atoms with E-state index in [9.17, 15) is 14.9 Å². The van der Waals surface area contributed by atoms with Crippen LogP contribution in [0.2, 0.25) is 0 Å². The third kappa shape index (κ3) is 4.57. The summed E-state index contributed by atoms with van der Waals surface area (Å²) < 4.78 is 0. The highest BCUT2D eigenvalue weighted by Gasteiger charge is 2.14. The quantitative estimate of drug-likeness (QED) is 0.470. The molecule has 1 aromatic rings. The van der Waals surface area contributed by atoms with Crippen molar-refractivity contribution in [2.75, 3.05) is 11.9 Å². The van der Waals surface area contributed by atoms with Gasteiger partial charge in [-0.15, -0.1) is 0 Å². The number of benzene rings is 1. The molecule has 0 unspecified atom stereocenters. The molecular weight excluding hydrogens is 246 g/mol. The first kappa shape index (κ1) is 14.9. The van der Waals surface area contributed by atoms with Gasteiger partial charge in [-0.3, -0.25) is 10.1 Å². The van der Waals surface area contributed by atoms with Crippen LogP contribution in [-0.4, -0.2) is 17.5 Å². The van der Waals surface area contributed by atoms with Crippen molar-refractivity contribution in [1.29, 1.82) is 0 Å². The van der Waals surface area contributed by atoms with Gasteiger partial charge in [0.05, 0.1) is 16.2 Å². The summed E-state index contributed by atoms with van der Waals surface area (Å²) in [6.45, 7) is 4.31. The van der Waals surface area contributed by atoms with Gasteiger partial charge in [0.25, 0.3) is 5.69 Å². The van der Waals surface area contributed by atoms with E-state index in [-0.39, 0.29) is 11.7 Å². The molecule has 0 spiro atoms. The monoisotopic (exact) mass is 265 g/mol. The lowest BCUT2D eigenvalue weighted by Gasteiger charge is -2.09. The molecule has 2 amide bonds. The van der Waals surface area contributed by atoms with E-state index in [1.165, 1.54) is 6.07 Å². The average Bonchev–Trinajstić information content (AvgIpc) is 2.37. The lowest BCUT2D eigenvalue weighted by atomic mass is 10.1. The number of urea groups is 1. The number of hydrogen-bond donors (Lipinski definition) is 2. The van der Waals surface area contributed by atoms with Gasteiger partial charge in [-0.2, -0.15) is 0 Å². The topological polar surface area (TPSA) is 84.3 Å². The van der Waals surface area contributed by atoms with E-state index in [0.29, 0.717) is 17.8 Å². The van der Waals surface area contributed by atoms with E-state index in [2.05, 4.69) is 17.6 Å². The van der Waals surface area contributed by atoms with Crippen molar-refractivity contribution in [2.24, 2.45) is 0 Å². The van der Waals surface area contributed by atoms with Crippen LogP contribution in [0.4, 0.5) is 16.2 Å². The van der Waals surface area contributed by atoms with Gasteiger partial charge in [-0.1, -0.05) is 25.8 Å². The van der Waals surface area contributed by atoms with E-state index in [1.54, 1.807) is 19.1 Å². The van der Waals surface area contributed by atoms with Gasteiger partial charge < -0.3 is 10.6 Å². The summed E-state index contributed by atoms with van der Waals surface area (Å²) in [6, 6.07) is 4.28. The number of carbonyl (C=O) groups is 1. The zero-order valence-corrected chi connectivity index (χ0v) is 11.2. The third-order valence-corrected chi connectivity index (χ3v) is 2.82. The number of nitrogens with one attached hydrogen (secondary N) is 2. The van der Waals surface area contributed by atoms with E-state index in [1.807, 2.05) is 0 Å². The molecule has 6 heteroatoms. The van der Waals surface area contributed by atoms with Gasteiger partial charge in [0.15, 0.2) is 0 Å². The third-order valence-electron chi connectivity index (χ3n) is 2.82. The zero-order valence-electron chi connectivity index (χ0n) is 11.2. The number of nitro benzene ring substituents is 1. The van der Waals surface area contributed by atoms with Crippen LogP contribution in [0.5, 0.6) is 0 Å². The highest BCUT2D eigenvalue weighted by atomic mass is 16.6. The smallest absolute Gasteiger partial charge is 0.319 e. The number of anilines is 1. The standard InChI is InChI=1S/C13H19N3O3/c1-3-4-5-9-14-13(17)15-11-7-6-8-12(10(11)2)16(18)19/h6-8H,3-5,9H2,1-2H3,(H2,14,15,17). The Hall–Kier alpha value is -2.11. The lowest BCUT2D eigenvalue weighted by Crippen LogP contribution is -2.29. The molecule has 0 atom stereocenters. The number of nitro groups is 1. The average molecular weight is 265 g/mol. The molecule has 19 heavy (non-hydrogen) atoms. The van der Waals surface area contributed by atoms with Gasteiger partial charge in [0.2, 0.25) is 0 Å². The Kier molecular flexibility index (Phi) is 5.78. The molecule has 1 aromatic carbocycles. The Labute approximate surface area is 112 Å². The van der Waals surface area contributed by atoms with Crippen molar-refractivity contribution in [3.8, 4) is 0 Å². The first-order valence-electron chi connectivity index (χ1n) is 6.35. The van der Waals surface area contributed by atoms with E-state index in [0.717, 1.165) is 19.3 Å². The second-order valence-corrected chi connectivity index (χ2v) is 4.29. The highest BCUT2D eigenvalue weighted by molar-refractivity contribution is 5.90. The lowest BCUT2D eigenvalue weighted by molar-refractivity contribution is -0.385. The van der Waals surface area contributed by atoms with Crippen molar-refractivity contribution in [2.45, 2.75) is 33.1 Å². The maximum Gasteiger partial charge on any atom is 0.319 e. The fourth-order valence-electron chi connectivity index (χ4n) is 1.70. The summed E-state index contributed by atoms with van der Waals surface area (Å²) >= 11 is 0. The fraction of sp³-hybridized carbons (Fsp3) is 0.462. The molecular formula is C13H19N3O3. The summed E-state index contributed by atoms with van der Waals surface area (Å²) in [5.74, 6) is 0. The normalized spacial score (nSPS) is 10.0. The maximum atomic E-state index is 11.6. The summed E-state index contributed by atoms with van der Waals surface area (Å²) in [7, 11) is 0. The van der Waals surface area contributed by atoms with Crippen LogP contribution in [0.3, 0.4) is 0 Å². The zero-order chi connectivity index (χ0) is 14.3. The van der Waals surface area contributed by atoms with Crippen LogP contribution in [0.1, 0.15) is 31.7 Å². The van der Waals surface area contributed by atoms with Crippen LogP contribution in [-0.2, 0) is 0 Å². The number of rotatable bonds is 6. The summed E-state index contributed by atoms with van der Waals surface area (Å²) in [5, 5.41) is 16.1. The maximum absolute atomic E-state index is 11.6. The van der Waals surface area contributed by atoms with Crippen molar-refractivity contribution in [3.63, 3.8) is 0 Å². The summed E-state index contributed by atoms with van der Waals surface area (Å²) in [6.07, 6.45) is 3.08. The number of unbranched alkanes of at least 4 members (excludes halogenated alkanes) is 2. The van der Waals surface area contributed by atoms with Gasteiger partial charge in [-0.05, 0) is 19.4 Å². The van der Waals surface area contributed by atoms with Gasteiger partial charge in [0.1, 0.15) is 0 Å². The SMILES string of the molecule is CCCCCNC(=O)Nc1cccc([N+](=O)[O-])c1C. The molecule has 0 radical (unpaired) electrons. The molecule has 104 valence electrons. The second-order valence-electron chi connectivity index (χ2n) is 4.29. The van der Waals surface area contributed by atoms with E-state index >= 15 is 0 Å². The minimum Gasteiger partial charge on any atom is -0.338 e. The molecule has 2 N–H and O–H groups in total. The fourth-order valence-corrected chi connectivity index (χ4v) is 1.70. The molecule has 0 heterocycles. The predicted octanol–water partition coefficient (Wildman–Crippen LogP) is 3.21. The second kappa shape index (κ2) is 7.35. The Bertz CT molecular complexity index is 460. The van der Waals surface area contributed by atoms with Crippen molar-refractivity contribution in [1.82, 2.24) is 5.32 Å². The molecule has 0 aliphatic rings. The van der Waals surface area contributed by atoms with Crippen molar-refractivity contribution < 1.29 is 9.72 Å². The summed E-state index contributed by atoms with van der Waals surface area (Å²) in [5.41, 5.74) is 0.919. The Morgan fingerprint density at radius 3 is 2.74 bits per heavy atom. The van der Waals surface area contributed by atoms with Crippen LogP contribution in [0.15, 0.2) is 18.2 Å². The first-order chi connectivity index (χ1) is 9.06. The minimum absolute atomic E-state index is 0.00350. The van der Waals surface area contributed by atoms with Gasteiger partial charge in [0, 0.05) is 12.6 Å². The molecule has 0 bridgehead atoms. The largest absolute Gasteiger partial charge is 0.338 e. The molecule has 1 rings (SSSR count). The number of nitrogens with zero attached hydrogens (tertiary/aromatic N) is 1. The number of hydrogen-bond acceptors (Lipinski definition) is 3.